The molecule has 1 N–H and O–H groups in total. The van der Waals surface area contributed by atoms with E-state index in [1.165, 1.54) is 29.0 Å². The molecule has 0 saturated carbocycles. The van der Waals surface area contributed by atoms with Crippen LogP contribution in [0, 0.1) is 6.92 Å². The Morgan fingerprint density at radius 2 is 1.82 bits per heavy atom. The van der Waals surface area contributed by atoms with Crippen LogP contribution >= 0.6 is 12.4 Å². The van der Waals surface area contributed by atoms with Crippen LogP contribution in [-0.4, -0.2) is 24.6 Å². The molecule has 0 spiro atoms. The van der Waals surface area contributed by atoms with E-state index in [9.17, 15) is 13.2 Å². The maximum atomic E-state index is 13.2. The molecule has 4 rings (SSSR count). The zero-order valence-electron chi connectivity index (χ0n) is 14.5. The third-order valence-electron chi connectivity index (χ3n) is 3.93. The van der Waals surface area contributed by atoms with Gasteiger partial charge in [0.05, 0.1) is 35.5 Å². The lowest BCUT2D eigenvalue weighted by molar-refractivity contribution is -0.137. The molecule has 4 aromatic heterocycles. The monoisotopic (exact) mass is 406 g/mol. The topological polar surface area (TPSA) is 68.0 Å². The van der Waals surface area contributed by atoms with Crippen LogP contribution in [0.3, 0.4) is 0 Å². The fourth-order valence-electron chi connectivity index (χ4n) is 2.64. The van der Waals surface area contributed by atoms with Crippen LogP contribution < -0.4 is 5.32 Å². The Kier molecular flexibility index (Phi) is 5.19. The van der Waals surface area contributed by atoms with Crippen molar-refractivity contribution in [3.8, 4) is 11.3 Å². The second-order valence-corrected chi connectivity index (χ2v) is 5.87. The first-order chi connectivity index (χ1) is 12.9. The summed E-state index contributed by atoms with van der Waals surface area (Å²) in [6.45, 7) is 1.88. The van der Waals surface area contributed by atoms with Gasteiger partial charge in [0.1, 0.15) is 0 Å². The highest BCUT2D eigenvalue weighted by Gasteiger charge is 2.34. The van der Waals surface area contributed by atoms with Crippen molar-refractivity contribution in [2.45, 2.75) is 13.1 Å². The quantitative estimate of drug-likeness (QED) is 0.535. The van der Waals surface area contributed by atoms with Gasteiger partial charge < -0.3 is 5.32 Å². The maximum Gasteiger partial charge on any atom is 0.418 e. The fraction of sp³-hybridized carbons (Fsp3) is 0.111. The molecule has 0 unspecified atom stereocenters. The number of imidazole rings is 1. The van der Waals surface area contributed by atoms with Crippen molar-refractivity contribution < 1.29 is 13.2 Å². The van der Waals surface area contributed by atoms with E-state index in [2.05, 4.69) is 25.4 Å². The molecule has 0 fully saturated rings. The number of hydrogen-bond acceptors (Lipinski definition) is 5. The Morgan fingerprint density at radius 1 is 1.00 bits per heavy atom. The standard InChI is InChI=1S/C18H13F3N6.ClH/c1-11-4-5-13(9-23-11)26-16-10-24-15-7-12(8-25-27(15)16)17-14(18(19,20)21)3-2-6-22-17;/h2-10,26H,1H3;1H. The molecule has 4 aromatic rings. The zero-order valence-corrected chi connectivity index (χ0v) is 15.3. The molecule has 0 aliphatic rings. The van der Waals surface area contributed by atoms with Gasteiger partial charge in [-0.15, -0.1) is 12.4 Å². The van der Waals surface area contributed by atoms with E-state index >= 15 is 0 Å². The lowest BCUT2D eigenvalue weighted by Crippen LogP contribution is -2.08. The number of nitrogens with zero attached hydrogens (tertiary/aromatic N) is 5. The van der Waals surface area contributed by atoms with E-state index in [1.807, 2.05) is 19.1 Å². The Hall–Kier alpha value is -3.20. The van der Waals surface area contributed by atoms with Gasteiger partial charge in [-0.25, -0.2) is 4.98 Å². The van der Waals surface area contributed by atoms with Crippen molar-refractivity contribution in [3.63, 3.8) is 0 Å². The average molecular weight is 407 g/mol. The Labute approximate surface area is 163 Å². The molecule has 0 aliphatic heterocycles. The van der Waals surface area contributed by atoms with Crippen LogP contribution in [-0.2, 0) is 6.18 Å². The summed E-state index contributed by atoms with van der Waals surface area (Å²) in [6.07, 6.45) is 1.38. The van der Waals surface area contributed by atoms with Crippen molar-refractivity contribution in [2.75, 3.05) is 5.32 Å². The molecule has 0 aliphatic carbocycles. The van der Waals surface area contributed by atoms with E-state index < -0.39 is 11.7 Å². The molecule has 144 valence electrons. The van der Waals surface area contributed by atoms with Gasteiger partial charge in [0.25, 0.3) is 0 Å². The van der Waals surface area contributed by atoms with E-state index in [4.69, 9.17) is 0 Å². The number of pyridine rings is 2. The number of hydrogen-bond donors (Lipinski definition) is 1. The molecule has 0 amide bonds. The largest absolute Gasteiger partial charge is 0.418 e. The maximum absolute atomic E-state index is 13.2. The number of halogens is 4. The Morgan fingerprint density at radius 3 is 2.54 bits per heavy atom. The minimum atomic E-state index is -4.50. The van der Waals surface area contributed by atoms with Gasteiger partial charge in [-0.1, -0.05) is 0 Å². The average Bonchev–Trinajstić information content (AvgIpc) is 3.05. The molecular weight excluding hydrogens is 393 g/mol. The first kappa shape index (κ1) is 19.6. The van der Waals surface area contributed by atoms with Crippen molar-refractivity contribution in [2.24, 2.45) is 0 Å². The second kappa shape index (κ2) is 7.43. The smallest absolute Gasteiger partial charge is 0.338 e. The molecule has 6 nitrogen and oxygen atoms in total. The minimum Gasteiger partial charge on any atom is -0.338 e. The number of alkyl halides is 3. The van der Waals surface area contributed by atoms with Gasteiger partial charge in [0.15, 0.2) is 11.5 Å². The molecule has 0 radical (unpaired) electrons. The Bertz CT molecular complexity index is 1110. The number of nitrogens with one attached hydrogen (secondary N) is 1. The van der Waals surface area contributed by atoms with Crippen LogP contribution in [0.4, 0.5) is 24.7 Å². The highest BCUT2D eigenvalue weighted by Crippen LogP contribution is 2.35. The lowest BCUT2D eigenvalue weighted by Gasteiger charge is -2.11. The Balaban J connectivity index is 0.00000225. The SMILES string of the molecule is Cc1ccc(Nc2cnc3cc(-c4ncccc4C(F)(F)F)cnn23)cn1.Cl. The van der Waals surface area contributed by atoms with E-state index in [0.717, 1.165) is 17.4 Å². The van der Waals surface area contributed by atoms with Crippen molar-refractivity contribution in [1.29, 1.82) is 0 Å². The van der Waals surface area contributed by atoms with E-state index in [-0.39, 0.29) is 23.7 Å². The third kappa shape index (κ3) is 3.74. The predicted octanol–water partition coefficient (Wildman–Crippen LogP) is 4.68. The van der Waals surface area contributed by atoms with Gasteiger partial charge in [-0.3, -0.25) is 9.97 Å². The number of aromatic nitrogens is 5. The van der Waals surface area contributed by atoms with Crippen molar-refractivity contribution >= 4 is 29.6 Å². The molecule has 0 atom stereocenters. The molecule has 0 saturated heterocycles. The summed E-state index contributed by atoms with van der Waals surface area (Å²) < 4.78 is 41.2. The minimum absolute atomic E-state index is 0. The highest BCUT2D eigenvalue weighted by atomic mass is 35.5. The number of anilines is 2. The third-order valence-corrected chi connectivity index (χ3v) is 3.93. The van der Waals surface area contributed by atoms with E-state index in [0.29, 0.717) is 11.5 Å². The molecule has 0 bridgehead atoms. The molecule has 28 heavy (non-hydrogen) atoms. The highest BCUT2D eigenvalue weighted by molar-refractivity contribution is 5.85. The first-order valence-electron chi connectivity index (χ1n) is 7.98. The summed E-state index contributed by atoms with van der Waals surface area (Å²) in [5.41, 5.74) is 1.28. The number of fused-ring (bicyclic) bond motifs is 1. The lowest BCUT2D eigenvalue weighted by atomic mass is 10.1. The summed E-state index contributed by atoms with van der Waals surface area (Å²) in [5, 5.41) is 7.35. The molecule has 10 heteroatoms. The molecule has 0 aromatic carbocycles. The van der Waals surface area contributed by atoms with Crippen molar-refractivity contribution in [3.05, 3.63) is 66.4 Å². The van der Waals surface area contributed by atoms with Crippen LogP contribution in [0.1, 0.15) is 11.3 Å². The van der Waals surface area contributed by atoms with Gasteiger partial charge in [0.2, 0.25) is 0 Å². The van der Waals surface area contributed by atoms with Gasteiger partial charge in [0, 0.05) is 17.5 Å². The van der Waals surface area contributed by atoms with Crippen LogP contribution in [0.15, 0.2) is 55.1 Å². The number of rotatable bonds is 3. The summed E-state index contributed by atoms with van der Waals surface area (Å²) >= 11 is 0. The summed E-state index contributed by atoms with van der Waals surface area (Å²) in [4.78, 5) is 12.3. The first-order valence-corrected chi connectivity index (χ1v) is 7.98. The van der Waals surface area contributed by atoms with E-state index in [1.54, 1.807) is 12.4 Å². The number of aryl methyl sites for hydroxylation is 1. The summed E-state index contributed by atoms with van der Waals surface area (Å²) in [5.74, 6) is 0.569. The zero-order chi connectivity index (χ0) is 19.0. The van der Waals surface area contributed by atoms with Gasteiger partial charge in [-0.2, -0.15) is 22.8 Å². The van der Waals surface area contributed by atoms with Gasteiger partial charge in [-0.05, 0) is 37.3 Å². The molecular formula is C18H14ClF3N6. The normalized spacial score (nSPS) is 11.3. The summed E-state index contributed by atoms with van der Waals surface area (Å²) in [7, 11) is 0. The predicted molar refractivity (Wildman–Crippen MR) is 101 cm³/mol. The summed E-state index contributed by atoms with van der Waals surface area (Å²) in [6, 6.07) is 7.49. The molecule has 4 heterocycles. The van der Waals surface area contributed by atoms with Crippen LogP contribution in [0.5, 0.6) is 0 Å². The van der Waals surface area contributed by atoms with Crippen molar-refractivity contribution in [1.82, 2.24) is 24.6 Å². The van der Waals surface area contributed by atoms with Crippen LogP contribution in [0.2, 0.25) is 0 Å². The van der Waals surface area contributed by atoms with Gasteiger partial charge >= 0.3 is 6.18 Å². The fourth-order valence-corrected chi connectivity index (χ4v) is 2.64. The van der Waals surface area contributed by atoms with Crippen LogP contribution in [0.25, 0.3) is 16.9 Å². The second-order valence-electron chi connectivity index (χ2n) is 5.87.